The van der Waals surface area contributed by atoms with Crippen LogP contribution in [0.5, 0.6) is 5.75 Å². The van der Waals surface area contributed by atoms with E-state index in [-0.39, 0.29) is 0 Å². The van der Waals surface area contributed by atoms with E-state index in [1.54, 1.807) is 17.0 Å². The molecule has 0 spiro atoms. The van der Waals surface area contributed by atoms with Crippen LogP contribution in [0.2, 0.25) is 0 Å². The Bertz CT molecular complexity index is 636. The predicted molar refractivity (Wildman–Crippen MR) is 92.1 cm³/mol. The molecule has 0 aliphatic carbocycles. The van der Waals surface area contributed by atoms with Gasteiger partial charge in [-0.25, -0.2) is 9.78 Å². The van der Waals surface area contributed by atoms with Crippen molar-refractivity contribution in [3.05, 3.63) is 53.7 Å². The van der Waals surface area contributed by atoms with Gasteiger partial charge in [-0.1, -0.05) is 18.2 Å². The highest BCUT2D eigenvalue weighted by Crippen LogP contribution is 2.17. The third-order valence-electron chi connectivity index (χ3n) is 3.30. The lowest BCUT2D eigenvalue weighted by molar-refractivity contribution is 0.206. The quantitative estimate of drug-likeness (QED) is 0.850. The first-order chi connectivity index (χ1) is 11.0. The lowest BCUT2D eigenvalue weighted by Crippen LogP contribution is -2.39. The fourth-order valence-electron chi connectivity index (χ4n) is 2.20. The summed E-state index contributed by atoms with van der Waals surface area (Å²) < 4.78 is 5.47. The average molecular weight is 313 g/mol. The van der Waals surface area contributed by atoms with Crippen LogP contribution in [0, 0.1) is 13.8 Å². The van der Waals surface area contributed by atoms with Crippen LogP contribution < -0.4 is 9.64 Å². The molecule has 5 heteroatoms. The van der Waals surface area contributed by atoms with Crippen molar-refractivity contribution in [3.63, 3.8) is 0 Å². The number of para-hydroxylation sites is 1. The maximum atomic E-state index is 12.6. The van der Waals surface area contributed by atoms with Crippen LogP contribution in [-0.2, 0) is 0 Å². The number of hydrogen-bond acceptors (Lipinski definition) is 4. The second-order valence-corrected chi connectivity index (χ2v) is 5.78. The number of anilines is 1. The third kappa shape index (κ3) is 5.07. The number of carbonyl (C=O) groups is 1. The summed E-state index contributed by atoms with van der Waals surface area (Å²) in [6.45, 7) is 5.14. The van der Waals surface area contributed by atoms with Gasteiger partial charge in [0.2, 0.25) is 0 Å². The van der Waals surface area contributed by atoms with Gasteiger partial charge in [-0.2, -0.15) is 0 Å². The van der Waals surface area contributed by atoms with E-state index in [4.69, 9.17) is 4.74 Å². The van der Waals surface area contributed by atoms with Gasteiger partial charge in [0.1, 0.15) is 11.6 Å². The van der Waals surface area contributed by atoms with Gasteiger partial charge in [0, 0.05) is 18.8 Å². The van der Waals surface area contributed by atoms with Crippen LogP contribution in [0.1, 0.15) is 11.3 Å². The molecule has 2 rings (SSSR count). The molecule has 0 saturated carbocycles. The molecular weight excluding hydrogens is 290 g/mol. The van der Waals surface area contributed by atoms with Gasteiger partial charge in [0.05, 0.1) is 0 Å². The topological polar surface area (TPSA) is 45.7 Å². The zero-order valence-corrected chi connectivity index (χ0v) is 14.1. The normalized spacial score (nSPS) is 10.7. The minimum absolute atomic E-state index is 0.421. The van der Waals surface area contributed by atoms with Crippen LogP contribution in [0.4, 0.5) is 10.6 Å². The molecule has 1 aromatic heterocycles. The van der Waals surface area contributed by atoms with Crippen molar-refractivity contribution in [2.45, 2.75) is 13.8 Å². The first kappa shape index (κ1) is 17.0. The Hall–Kier alpha value is -2.40. The number of ether oxygens (including phenoxy) is 1. The molecule has 122 valence electrons. The van der Waals surface area contributed by atoms with Gasteiger partial charge >= 0.3 is 6.09 Å². The minimum atomic E-state index is -0.421. The highest BCUT2D eigenvalue weighted by Gasteiger charge is 2.20. The lowest BCUT2D eigenvalue weighted by Gasteiger charge is -2.23. The molecule has 0 saturated heterocycles. The SMILES string of the molecule is Cc1cc(C)nc(N(CCN(C)C)C(=O)Oc2ccccc2)c1. The Morgan fingerprint density at radius 3 is 2.39 bits per heavy atom. The van der Waals surface area contributed by atoms with E-state index in [9.17, 15) is 4.79 Å². The second-order valence-electron chi connectivity index (χ2n) is 5.78. The predicted octanol–water partition coefficient (Wildman–Crippen LogP) is 3.27. The van der Waals surface area contributed by atoms with E-state index < -0.39 is 6.09 Å². The molecular formula is C18H23N3O2. The van der Waals surface area contributed by atoms with Crippen LogP contribution in [0.15, 0.2) is 42.5 Å². The summed E-state index contributed by atoms with van der Waals surface area (Å²) in [4.78, 5) is 20.7. The summed E-state index contributed by atoms with van der Waals surface area (Å²) in [6.07, 6.45) is -0.421. The van der Waals surface area contributed by atoms with Crippen LogP contribution in [0.25, 0.3) is 0 Å². The molecule has 2 aromatic rings. The van der Waals surface area contributed by atoms with Crippen LogP contribution in [0.3, 0.4) is 0 Å². The molecule has 5 nitrogen and oxygen atoms in total. The molecule has 0 aliphatic rings. The summed E-state index contributed by atoms with van der Waals surface area (Å²) in [5.74, 6) is 1.14. The van der Waals surface area contributed by atoms with Gasteiger partial charge in [-0.15, -0.1) is 0 Å². The maximum absolute atomic E-state index is 12.6. The van der Waals surface area contributed by atoms with E-state index in [1.807, 2.05) is 63.2 Å². The van der Waals surface area contributed by atoms with Gasteiger partial charge in [0.15, 0.2) is 0 Å². The van der Waals surface area contributed by atoms with Gasteiger partial charge in [-0.3, -0.25) is 4.90 Å². The fourth-order valence-corrected chi connectivity index (χ4v) is 2.20. The Balaban J connectivity index is 2.23. The van der Waals surface area contributed by atoms with E-state index in [1.165, 1.54) is 0 Å². The molecule has 0 aliphatic heterocycles. The summed E-state index contributed by atoms with van der Waals surface area (Å²) in [7, 11) is 3.94. The van der Waals surface area contributed by atoms with Crippen LogP contribution in [-0.4, -0.2) is 43.2 Å². The molecule has 0 atom stereocenters. The summed E-state index contributed by atoms with van der Waals surface area (Å²) in [5.41, 5.74) is 1.94. The Morgan fingerprint density at radius 1 is 1.09 bits per heavy atom. The number of aryl methyl sites for hydroxylation is 2. The smallest absolute Gasteiger partial charge is 0.410 e. The molecule has 1 heterocycles. The molecule has 0 radical (unpaired) electrons. The highest BCUT2D eigenvalue weighted by atomic mass is 16.6. The zero-order valence-electron chi connectivity index (χ0n) is 14.1. The Labute approximate surface area is 137 Å². The number of carbonyl (C=O) groups excluding carboxylic acids is 1. The van der Waals surface area contributed by atoms with Crippen molar-refractivity contribution >= 4 is 11.9 Å². The largest absolute Gasteiger partial charge is 0.420 e. The molecule has 0 unspecified atom stereocenters. The van der Waals surface area contributed by atoms with E-state index >= 15 is 0 Å². The Morgan fingerprint density at radius 2 is 1.78 bits per heavy atom. The molecule has 23 heavy (non-hydrogen) atoms. The van der Waals surface area contributed by atoms with Crippen LogP contribution >= 0.6 is 0 Å². The first-order valence-corrected chi connectivity index (χ1v) is 7.60. The number of aromatic nitrogens is 1. The van der Waals surface area contributed by atoms with E-state index in [2.05, 4.69) is 4.98 Å². The lowest BCUT2D eigenvalue weighted by atomic mass is 10.2. The van der Waals surface area contributed by atoms with Crippen molar-refractivity contribution in [2.24, 2.45) is 0 Å². The van der Waals surface area contributed by atoms with Crippen molar-refractivity contribution in [1.82, 2.24) is 9.88 Å². The molecule has 0 N–H and O–H groups in total. The number of hydrogen-bond donors (Lipinski definition) is 0. The van der Waals surface area contributed by atoms with Gasteiger partial charge < -0.3 is 9.64 Å². The van der Waals surface area contributed by atoms with E-state index in [0.717, 1.165) is 17.8 Å². The average Bonchev–Trinajstić information content (AvgIpc) is 2.47. The number of benzene rings is 1. The number of rotatable bonds is 5. The van der Waals surface area contributed by atoms with Crippen molar-refractivity contribution in [3.8, 4) is 5.75 Å². The maximum Gasteiger partial charge on any atom is 0.420 e. The highest BCUT2D eigenvalue weighted by molar-refractivity contribution is 5.88. The third-order valence-corrected chi connectivity index (χ3v) is 3.30. The summed E-state index contributed by atoms with van der Waals surface area (Å²) in [6, 6.07) is 13.0. The van der Waals surface area contributed by atoms with Crippen molar-refractivity contribution in [1.29, 1.82) is 0 Å². The van der Waals surface area contributed by atoms with E-state index in [0.29, 0.717) is 18.1 Å². The number of nitrogens with zero attached hydrogens (tertiary/aromatic N) is 3. The van der Waals surface area contributed by atoms with Gasteiger partial charge in [0.25, 0.3) is 0 Å². The second kappa shape index (κ2) is 7.74. The fraction of sp³-hybridized carbons (Fsp3) is 0.333. The monoisotopic (exact) mass is 313 g/mol. The molecule has 1 aromatic carbocycles. The summed E-state index contributed by atoms with van der Waals surface area (Å²) >= 11 is 0. The molecule has 0 bridgehead atoms. The zero-order chi connectivity index (χ0) is 16.8. The molecule has 1 amide bonds. The van der Waals surface area contributed by atoms with Gasteiger partial charge in [-0.05, 0) is 57.8 Å². The summed E-state index contributed by atoms with van der Waals surface area (Å²) in [5, 5.41) is 0. The minimum Gasteiger partial charge on any atom is -0.410 e. The van der Waals surface area contributed by atoms with Crippen molar-refractivity contribution in [2.75, 3.05) is 32.1 Å². The molecule has 0 fully saturated rings. The number of likely N-dealkylation sites (N-methyl/N-ethyl adjacent to an activating group) is 1. The number of pyridine rings is 1. The number of amides is 1. The first-order valence-electron chi connectivity index (χ1n) is 7.60. The standard InChI is InChI=1S/C18H23N3O2/c1-14-12-15(2)19-17(13-14)21(11-10-20(3)4)18(22)23-16-8-6-5-7-9-16/h5-9,12-13H,10-11H2,1-4H3. The Kier molecular flexibility index (Phi) is 5.71. The van der Waals surface area contributed by atoms with Crippen molar-refractivity contribution < 1.29 is 9.53 Å².